The van der Waals surface area contributed by atoms with Crippen LogP contribution in [0.3, 0.4) is 0 Å². The Balaban J connectivity index is 2.84. The quantitative estimate of drug-likeness (QED) is 0.741. The highest BCUT2D eigenvalue weighted by molar-refractivity contribution is 9.10. The molecular formula is C12H15BrO. The van der Waals surface area contributed by atoms with Crippen LogP contribution in [0.15, 0.2) is 28.7 Å². The van der Waals surface area contributed by atoms with Crippen molar-refractivity contribution in [1.29, 1.82) is 0 Å². The number of Topliss-reactive ketones (excluding diaryl/α,β-unsaturated/α-hetero) is 1. The highest BCUT2D eigenvalue weighted by Gasteiger charge is 2.15. The first kappa shape index (κ1) is 11.4. The van der Waals surface area contributed by atoms with Gasteiger partial charge in [-0.05, 0) is 12.5 Å². The summed E-state index contributed by atoms with van der Waals surface area (Å²) in [6, 6.07) is 7.60. The Morgan fingerprint density at radius 2 is 2.07 bits per heavy atom. The molecule has 1 unspecified atom stereocenters. The van der Waals surface area contributed by atoms with E-state index in [1.165, 1.54) is 0 Å². The molecule has 1 aromatic rings. The van der Waals surface area contributed by atoms with E-state index in [4.69, 9.17) is 0 Å². The standard InChI is InChI=1S/C12H15BrO/c1-3-6-9(2)12(14)10-7-4-5-8-11(10)13/h4-5,7-9H,3,6H2,1-2H3. The molecule has 0 bridgehead atoms. The van der Waals surface area contributed by atoms with Crippen LogP contribution in [0.1, 0.15) is 37.0 Å². The maximum absolute atomic E-state index is 11.9. The average Bonchev–Trinajstić information content (AvgIpc) is 2.18. The summed E-state index contributed by atoms with van der Waals surface area (Å²) in [5.74, 6) is 0.359. The van der Waals surface area contributed by atoms with Crippen LogP contribution < -0.4 is 0 Å². The molecule has 1 aromatic carbocycles. The van der Waals surface area contributed by atoms with Crippen LogP contribution in [0, 0.1) is 5.92 Å². The Morgan fingerprint density at radius 3 is 2.64 bits per heavy atom. The highest BCUT2D eigenvalue weighted by atomic mass is 79.9. The van der Waals surface area contributed by atoms with Gasteiger partial charge >= 0.3 is 0 Å². The smallest absolute Gasteiger partial charge is 0.166 e. The zero-order valence-electron chi connectivity index (χ0n) is 8.59. The van der Waals surface area contributed by atoms with Crippen LogP contribution in [0.2, 0.25) is 0 Å². The van der Waals surface area contributed by atoms with Gasteiger partial charge in [0.1, 0.15) is 0 Å². The first-order valence-electron chi connectivity index (χ1n) is 4.95. The van der Waals surface area contributed by atoms with Gasteiger partial charge in [0.25, 0.3) is 0 Å². The molecule has 0 saturated carbocycles. The van der Waals surface area contributed by atoms with Gasteiger partial charge in [-0.2, -0.15) is 0 Å². The van der Waals surface area contributed by atoms with Crippen LogP contribution in [0.5, 0.6) is 0 Å². The Morgan fingerprint density at radius 1 is 1.43 bits per heavy atom. The van der Waals surface area contributed by atoms with Gasteiger partial charge in [-0.3, -0.25) is 4.79 Å². The minimum atomic E-state index is 0.124. The number of rotatable bonds is 4. The minimum Gasteiger partial charge on any atom is -0.294 e. The van der Waals surface area contributed by atoms with E-state index in [9.17, 15) is 4.79 Å². The second-order valence-corrected chi connectivity index (χ2v) is 4.39. The molecule has 0 spiro atoms. The maximum Gasteiger partial charge on any atom is 0.166 e. The largest absolute Gasteiger partial charge is 0.294 e. The van der Waals surface area contributed by atoms with Crippen molar-refractivity contribution in [3.63, 3.8) is 0 Å². The number of hydrogen-bond acceptors (Lipinski definition) is 1. The van der Waals surface area contributed by atoms with E-state index in [0.29, 0.717) is 0 Å². The zero-order chi connectivity index (χ0) is 10.6. The number of halogens is 1. The van der Waals surface area contributed by atoms with E-state index in [1.807, 2.05) is 31.2 Å². The van der Waals surface area contributed by atoms with Crippen molar-refractivity contribution < 1.29 is 4.79 Å². The van der Waals surface area contributed by atoms with Crippen LogP contribution in [-0.2, 0) is 0 Å². The Labute approximate surface area is 93.7 Å². The van der Waals surface area contributed by atoms with E-state index >= 15 is 0 Å². The summed E-state index contributed by atoms with van der Waals surface area (Å²) in [6.07, 6.45) is 2.01. The summed E-state index contributed by atoms with van der Waals surface area (Å²) in [5, 5.41) is 0. The molecule has 14 heavy (non-hydrogen) atoms. The Hall–Kier alpha value is -0.630. The number of hydrogen-bond donors (Lipinski definition) is 0. The molecule has 0 radical (unpaired) electrons. The molecule has 2 heteroatoms. The SMILES string of the molecule is CCCC(C)C(=O)c1ccccc1Br. The topological polar surface area (TPSA) is 17.1 Å². The summed E-state index contributed by atoms with van der Waals surface area (Å²) in [6.45, 7) is 4.09. The molecule has 1 nitrogen and oxygen atoms in total. The molecule has 0 amide bonds. The fourth-order valence-corrected chi connectivity index (χ4v) is 1.97. The van der Waals surface area contributed by atoms with Crippen LogP contribution in [-0.4, -0.2) is 5.78 Å². The first-order chi connectivity index (χ1) is 6.66. The average molecular weight is 255 g/mol. The normalized spacial score (nSPS) is 12.5. The predicted octanol–water partition coefficient (Wildman–Crippen LogP) is 4.07. The van der Waals surface area contributed by atoms with E-state index in [2.05, 4.69) is 22.9 Å². The lowest BCUT2D eigenvalue weighted by molar-refractivity contribution is 0.0923. The lowest BCUT2D eigenvalue weighted by Crippen LogP contribution is -2.11. The van der Waals surface area contributed by atoms with Gasteiger partial charge in [0.05, 0.1) is 0 Å². The lowest BCUT2D eigenvalue weighted by Gasteiger charge is -2.09. The van der Waals surface area contributed by atoms with Crippen LogP contribution in [0.25, 0.3) is 0 Å². The summed E-state index contributed by atoms with van der Waals surface area (Å²) in [4.78, 5) is 11.9. The molecule has 0 aliphatic carbocycles. The monoisotopic (exact) mass is 254 g/mol. The van der Waals surface area contributed by atoms with Gasteiger partial charge in [0, 0.05) is 16.0 Å². The summed E-state index contributed by atoms with van der Waals surface area (Å²) < 4.78 is 0.896. The summed E-state index contributed by atoms with van der Waals surface area (Å²) in [7, 11) is 0. The molecule has 0 heterocycles. The lowest BCUT2D eigenvalue weighted by atomic mass is 9.95. The van der Waals surface area contributed by atoms with Crippen LogP contribution >= 0.6 is 15.9 Å². The number of carbonyl (C=O) groups excluding carboxylic acids is 1. The number of ketones is 1. The van der Waals surface area contributed by atoms with E-state index in [0.717, 1.165) is 22.9 Å². The highest BCUT2D eigenvalue weighted by Crippen LogP contribution is 2.21. The Bertz CT molecular complexity index is 320. The van der Waals surface area contributed by atoms with Gasteiger partial charge in [-0.15, -0.1) is 0 Å². The second kappa shape index (κ2) is 5.30. The van der Waals surface area contributed by atoms with E-state index in [-0.39, 0.29) is 11.7 Å². The molecule has 0 aliphatic rings. The third-order valence-corrected chi connectivity index (χ3v) is 3.00. The molecule has 76 valence electrons. The molecule has 0 aliphatic heterocycles. The van der Waals surface area contributed by atoms with Crippen molar-refractivity contribution in [2.24, 2.45) is 5.92 Å². The van der Waals surface area contributed by atoms with Crippen molar-refractivity contribution in [3.05, 3.63) is 34.3 Å². The van der Waals surface area contributed by atoms with Gasteiger partial charge in [-0.25, -0.2) is 0 Å². The third kappa shape index (κ3) is 2.68. The van der Waals surface area contributed by atoms with Crippen molar-refractivity contribution in [2.45, 2.75) is 26.7 Å². The first-order valence-corrected chi connectivity index (χ1v) is 5.74. The van der Waals surface area contributed by atoms with Crippen molar-refractivity contribution in [3.8, 4) is 0 Å². The fourth-order valence-electron chi connectivity index (χ4n) is 1.49. The molecule has 0 N–H and O–H groups in total. The van der Waals surface area contributed by atoms with Gasteiger partial charge < -0.3 is 0 Å². The zero-order valence-corrected chi connectivity index (χ0v) is 10.2. The van der Waals surface area contributed by atoms with E-state index < -0.39 is 0 Å². The molecule has 0 saturated heterocycles. The minimum absolute atomic E-state index is 0.124. The van der Waals surface area contributed by atoms with Crippen molar-refractivity contribution in [1.82, 2.24) is 0 Å². The Kier molecular flexibility index (Phi) is 4.33. The van der Waals surface area contributed by atoms with Crippen LogP contribution in [0.4, 0.5) is 0 Å². The molecule has 0 aromatic heterocycles. The summed E-state index contributed by atoms with van der Waals surface area (Å²) >= 11 is 3.40. The predicted molar refractivity (Wildman–Crippen MR) is 62.5 cm³/mol. The second-order valence-electron chi connectivity index (χ2n) is 3.53. The molecule has 1 rings (SSSR count). The van der Waals surface area contributed by atoms with Gasteiger partial charge in [0.15, 0.2) is 5.78 Å². The number of benzene rings is 1. The third-order valence-electron chi connectivity index (χ3n) is 2.31. The van der Waals surface area contributed by atoms with Crippen molar-refractivity contribution in [2.75, 3.05) is 0 Å². The summed E-state index contributed by atoms with van der Waals surface area (Å²) in [5.41, 5.74) is 0.799. The molecule has 0 fully saturated rings. The number of carbonyl (C=O) groups is 1. The fraction of sp³-hybridized carbons (Fsp3) is 0.417. The van der Waals surface area contributed by atoms with Gasteiger partial charge in [-0.1, -0.05) is 54.4 Å². The van der Waals surface area contributed by atoms with Gasteiger partial charge in [0.2, 0.25) is 0 Å². The molecular weight excluding hydrogens is 240 g/mol. The maximum atomic E-state index is 11.9. The molecule has 1 atom stereocenters. The van der Waals surface area contributed by atoms with E-state index in [1.54, 1.807) is 0 Å². The van der Waals surface area contributed by atoms with Crippen molar-refractivity contribution >= 4 is 21.7 Å².